The molecule has 0 saturated heterocycles. The maximum Gasteiger partial charge on any atom is 0.222 e. The van der Waals surface area contributed by atoms with Gasteiger partial charge in [-0.25, -0.2) is 0 Å². The molecule has 3 heteroatoms. The number of hydrogen-bond donors (Lipinski definition) is 1. The number of aliphatic hydroxyl groups excluding tert-OH is 1. The van der Waals surface area contributed by atoms with Crippen molar-refractivity contribution in [2.75, 3.05) is 0 Å². The number of carbonyl (C=O) groups is 2. The van der Waals surface area contributed by atoms with Gasteiger partial charge in [-0.3, -0.25) is 9.59 Å². The molecule has 0 fully saturated rings. The molecule has 0 aromatic carbocycles. The Hall–Kier alpha value is -3.98. The molecule has 0 aromatic rings. The van der Waals surface area contributed by atoms with E-state index >= 15 is 0 Å². The Labute approximate surface area is 260 Å². The molecule has 43 heavy (non-hydrogen) atoms. The predicted octanol–water partition coefficient (Wildman–Crippen LogP) is 10.6. The number of hydrogen-bond acceptors (Lipinski definition) is 3. The molecule has 0 atom stereocenters. The van der Waals surface area contributed by atoms with Crippen LogP contribution in [0.4, 0.5) is 0 Å². The van der Waals surface area contributed by atoms with E-state index in [4.69, 9.17) is 0 Å². The van der Waals surface area contributed by atoms with Crippen molar-refractivity contribution in [2.45, 2.75) is 82.1 Å². The fourth-order valence-electron chi connectivity index (χ4n) is 5.15. The maximum absolute atomic E-state index is 12.2. The lowest BCUT2D eigenvalue weighted by molar-refractivity contribution is -0.116. The quantitative estimate of drug-likeness (QED) is 0.262. The summed E-state index contributed by atoms with van der Waals surface area (Å²) in [5, 5.41) is 9.88. The number of ketones is 2. The fourth-order valence-corrected chi connectivity index (χ4v) is 5.15. The van der Waals surface area contributed by atoms with Crippen LogP contribution in [-0.2, 0) is 9.59 Å². The van der Waals surface area contributed by atoms with Gasteiger partial charge in [-0.1, -0.05) is 135 Å². The van der Waals surface area contributed by atoms with E-state index in [1.807, 2.05) is 64.2 Å². The first-order chi connectivity index (χ1) is 20.0. The molecule has 0 spiro atoms. The third-order valence-electron chi connectivity index (χ3n) is 7.99. The van der Waals surface area contributed by atoms with E-state index in [-0.39, 0.29) is 22.7 Å². The molecule has 0 radical (unpaired) electrons. The summed E-state index contributed by atoms with van der Waals surface area (Å²) in [6, 6.07) is 0. The zero-order valence-electron chi connectivity index (χ0n) is 27.8. The minimum absolute atomic E-state index is 0.0316. The van der Waals surface area contributed by atoms with Crippen molar-refractivity contribution < 1.29 is 14.7 Å². The highest BCUT2D eigenvalue weighted by molar-refractivity contribution is 6.08. The van der Waals surface area contributed by atoms with Gasteiger partial charge in [0.25, 0.3) is 0 Å². The van der Waals surface area contributed by atoms with Crippen LogP contribution in [0, 0.1) is 10.8 Å². The van der Waals surface area contributed by atoms with E-state index < -0.39 is 5.41 Å². The summed E-state index contributed by atoms with van der Waals surface area (Å²) in [5.41, 5.74) is 7.65. The number of rotatable bonds is 10. The fraction of sp³-hybridized carbons (Fsp3) is 0.350. The van der Waals surface area contributed by atoms with Crippen molar-refractivity contribution >= 4 is 11.6 Å². The van der Waals surface area contributed by atoms with Gasteiger partial charge in [-0.15, -0.1) is 0 Å². The van der Waals surface area contributed by atoms with E-state index in [1.54, 1.807) is 13.0 Å². The number of Topliss-reactive ketones (excluding diaryl/α,β-unsaturated/α-hetero) is 2. The monoisotopic (exact) mass is 578 g/mol. The Morgan fingerprint density at radius 1 is 0.674 bits per heavy atom. The Balaban J connectivity index is 1.94. The van der Waals surface area contributed by atoms with E-state index in [2.05, 4.69) is 83.2 Å². The molecule has 0 heterocycles. The summed E-state index contributed by atoms with van der Waals surface area (Å²) in [4.78, 5) is 24.3. The second-order valence-electron chi connectivity index (χ2n) is 12.9. The molecule has 1 N–H and O–H groups in total. The van der Waals surface area contributed by atoms with Crippen molar-refractivity contribution in [1.82, 2.24) is 0 Å². The highest BCUT2D eigenvalue weighted by Gasteiger charge is 2.31. The van der Waals surface area contributed by atoms with Crippen molar-refractivity contribution in [2.24, 2.45) is 10.8 Å². The standard InChI is InChI=1S/C40H50O3/c1-28(17-13-19-30(3)21-23-34-32(5)36(41)25-26-39(34,7)8)15-11-12-16-29(2)18-14-20-31(4)22-24-35-33(6)38(43)37(42)27-40(35,9)10/h11-24,27,42H,25-26H2,1-10H3. The summed E-state index contributed by atoms with van der Waals surface area (Å²) < 4.78 is 0. The van der Waals surface area contributed by atoms with E-state index in [0.717, 1.165) is 45.4 Å². The van der Waals surface area contributed by atoms with Gasteiger partial charge in [0.15, 0.2) is 11.5 Å². The molecule has 3 nitrogen and oxygen atoms in total. The second kappa shape index (κ2) is 15.5. The normalized spacial score (nSPS) is 21.2. The molecular formula is C40H50O3. The number of carbonyl (C=O) groups excluding carboxylic acids is 2. The molecule has 2 rings (SSSR count). The van der Waals surface area contributed by atoms with Crippen molar-refractivity contribution in [3.63, 3.8) is 0 Å². The van der Waals surface area contributed by atoms with Crippen LogP contribution in [0.2, 0.25) is 0 Å². The average molecular weight is 579 g/mol. The maximum atomic E-state index is 12.2. The topological polar surface area (TPSA) is 54.4 Å². The molecule has 0 unspecified atom stereocenters. The Bertz CT molecular complexity index is 1480. The molecule has 2 aliphatic carbocycles. The molecular weight excluding hydrogens is 528 g/mol. The van der Waals surface area contributed by atoms with Gasteiger partial charge in [0.1, 0.15) is 0 Å². The first-order valence-electron chi connectivity index (χ1n) is 15.1. The Kier molecular flexibility index (Phi) is 12.7. The van der Waals surface area contributed by atoms with Crippen molar-refractivity contribution in [1.29, 1.82) is 0 Å². The lowest BCUT2D eigenvalue weighted by Crippen LogP contribution is -2.24. The first-order valence-corrected chi connectivity index (χ1v) is 15.1. The van der Waals surface area contributed by atoms with Gasteiger partial charge in [0.2, 0.25) is 5.78 Å². The highest BCUT2D eigenvalue weighted by atomic mass is 16.3. The van der Waals surface area contributed by atoms with Gasteiger partial charge in [-0.2, -0.15) is 0 Å². The molecule has 0 aromatic heterocycles. The Morgan fingerprint density at radius 2 is 1.12 bits per heavy atom. The van der Waals surface area contributed by atoms with Crippen LogP contribution >= 0.6 is 0 Å². The number of aliphatic hydroxyl groups is 1. The van der Waals surface area contributed by atoms with Crippen LogP contribution in [-0.4, -0.2) is 16.7 Å². The lowest BCUT2D eigenvalue weighted by Gasteiger charge is -2.32. The van der Waals surface area contributed by atoms with Gasteiger partial charge in [-0.05, 0) is 76.2 Å². The van der Waals surface area contributed by atoms with Gasteiger partial charge in [0, 0.05) is 17.4 Å². The van der Waals surface area contributed by atoms with E-state index in [9.17, 15) is 14.7 Å². The molecule has 2 aliphatic rings. The third kappa shape index (κ3) is 10.7. The van der Waals surface area contributed by atoms with Crippen LogP contribution in [0.15, 0.2) is 141 Å². The summed E-state index contributed by atoms with van der Waals surface area (Å²) >= 11 is 0. The second-order valence-corrected chi connectivity index (χ2v) is 12.9. The summed E-state index contributed by atoms with van der Waals surface area (Å²) in [7, 11) is 0. The zero-order chi connectivity index (χ0) is 32.4. The van der Waals surface area contributed by atoms with Gasteiger partial charge in [0.05, 0.1) is 0 Å². The SMILES string of the molecule is CC(C=CC=C(C)C=CC1=C(C)C(=O)C(O)=CC1(C)C)=CC=CC=C(C)C=CC=C(C)C=CC1=C(C)C(=O)CCC1(C)C. The van der Waals surface area contributed by atoms with Crippen molar-refractivity contribution in [3.05, 3.63) is 141 Å². The minimum atomic E-state index is -0.400. The Morgan fingerprint density at radius 3 is 1.63 bits per heavy atom. The smallest absolute Gasteiger partial charge is 0.222 e. The van der Waals surface area contributed by atoms with Gasteiger partial charge >= 0.3 is 0 Å². The summed E-state index contributed by atoms with van der Waals surface area (Å²) in [6.45, 7) is 20.3. The van der Waals surface area contributed by atoms with E-state index in [1.165, 1.54) is 0 Å². The number of allylic oxidation sites excluding steroid dienone is 23. The molecule has 0 bridgehead atoms. The van der Waals surface area contributed by atoms with Crippen LogP contribution in [0.5, 0.6) is 0 Å². The van der Waals surface area contributed by atoms with Crippen LogP contribution in [0.3, 0.4) is 0 Å². The average Bonchev–Trinajstić information content (AvgIpc) is 2.91. The zero-order valence-corrected chi connectivity index (χ0v) is 27.8. The largest absolute Gasteiger partial charge is 0.504 e. The van der Waals surface area contributed by atoms with Crippen molar-refractivity contribution in [3.8, 4) is 0 Å². The van der Waals surface area contributed by atoms with E-state index in [0.29, 0.717) is 12.0 Å². The lowest BCUT2D eigenvalue weighted by atomic mass is 9.72. The molecule has 0 amide bonds. The summed E-state index contributed by atoms with van der Waals surface area (Å²) in [6.07, 6.45) is 31.9. The predicted molar refractivity (Wildman–Crippen MR) is 184 cm³/mol. The van der Waals surface area contributed by atoms with Gasteiger partial charge < -0.3 is 5.11 Å². The van der Waals surface area contributed by atoms with Crippen LogP contribution < -0.4 is 0 Å². The van der Waals surface area contributed by atoms with Crippen LogP contribution in [0.1, 0.15) is 82.1 Å². The molecule has 0 saturated carbocycles. The van der Waals surface area contributed by atoms with Crippen LogP contribution in [0.25, 0.3) is 0 Å². The summed E-state index contributed by atoms with van der Waals surface area (Å²) in [5.74, 6) is -0.218. The first kappa shape index (κ1) is 35.2. The minimum Gasteiger partial charge on any atom is -0.504 e. The molecule has 228 valence electrons. The highest BCUT2D eigenvalue weighted by Crippen LogP contribution is 2.39. The molecule has 0 aliphatic heterocycles. The third-order valence-corrected chi connectivity index (χ3v) is 7.99.